The van der Waals surface area contributed by atoms with Crippen molar-refractivity contribution in [2.45, 2.75) is 6.42 Å². The Morgan fingerprint density at radius 2 is 1.92 bits per heavy atom. The molecule has 5 nitrogen and oxygen atoms in total. The van der Waals surface area contributed by atoms with Gasteiger partial charge in [0.05, 0.1) is 18.3 Å². The molecule has 1 heterocycles. The Morgan fingerprint density at radius 3 is 2.62 bits per heavy atom. The number of benzene rings is 2. The SMILES string of the molecule is COc1ccc(-c2cc3ccccc3nc2CCNC(=O)O)cc1. The van der Waals surface area contributed by atoms with E-state index in [1.54, 1.807) is 7.11 Å². The lowest BCUT2D eigenvalue weighted by atomic mass is 10.00. The number of amides is 1. The number of methoxy groups -OCH3 is 1. The Bertz CT molecular complexity index is 860. The first-order chi connectivity index (χ1) is 11.7. The molecule has 5 heteroatoms. The van der Waals surface area contributed by atoms with Gasteiger partial charge in [0.2, 0.25) is 0 Å². The molecule has 0 radical (unpaired) electrons. The molecule has 1 amide bonds. The number of carboxylic acid groups (broad SMARTS) is 1. The standard InChI is InChI=1S/C19H18N2O3/c1-24-15-8-6-13(7-9-15)16-12-14-4-2-3-5-17(14)21-18(16)10-11-20-19(22)23/h2-9,12,20H,10-11H2,1H3,(H,22,23). The Hall–Kier alpha value is -3.08. The van der Waals surface area contributed by atoms with Crippen molar-refractivity contribution in [3.8, 4) is 16.9 Å². The minimum atomic E-state index is -1.03. The molecule has 0 aliphatic rings. The van der Waals surface area contributed by atoms with Crippen LogP contribution in [0.5, 0.6) is 5.75 Å². The molecule has 0 aliphatic carbocycles. The zero-order valence-electron chi connectivity index (χ0n) is 13.3. The summed E-state index contributed by atoms with van der Waals surface area (Å²) in [6, 6.07) is 17.8. The van der Waals surface area contributed by atoms with E-state index in [-0.39, 0.29) is 0 Å². The zero-order chi connectivity index (χ0) is 16.9. The first-order valence-electron chi connectivity index (χ1n) is 7.67. The van der Waals surface area contributed by atoms with Crippen molar-refractivity contribution < 1.29 is 14.6 Å². The van der Waals surface area contributed by atoms with Crippen LogP contribution in [-0.2, 0) is 6.42 Å². The maximum absolute atomic E-state index is 10.7. The lowest BCUT2D eigenvalue weighted by Crippen LogP contribution is -2.23. The summed E-state index contributed by atoms with van der Waals surface area (Å²) in [5, 5.41) is 12.2. The molecule has 0 saturated heterocycles. The van der Waals surface area contributed by atoms with Crippen LogP contribution in [0.4, 0.5) is 4.79 Å². The van der Waals surface area contributed by atoms with Crippen LogP contribution in [0.15, 0.2) is 54.6 Å². The highest BCUT2D eigenvalue weighted by Gasteiger charge is 2.10. The lowest BCUT2D eigenvalue weighted by Gasteiger charge is -2.12. The van der Waals surface area contributed by atoms with E-state index >= 15 is 0 Å². The molecule has 0 saturated carbocycles. The van der Waals surface area contributed by atoms with Crippen molar-refractivity contribution >= 4 is 17.0 Å². The molecule has 0 spiro atoms. The van der Waals surface area contributed by atoms with E-state index in [2.05, 4.69) is 11.4 Å². The topological polar surface area (TPSA) is 71.5 Å². The van der Waals surface area contributed by atoms with Gasteiger partial charge in [0.15, 0.2) is 0 Å². The molecule has 2 aromatic carbocycles. The Labute approximate surface area is 139 Å². The maximum Gasteiger partial charge on any atom is 0.404 e. The number of hydrogen-bond acceptors (Lipinski definition) is 3. The molecule has 0 atom stereocenters. The molecule has 0 unspecified atom stereocenters. The largest absolute Gasteiger partial charge is 0.497 e. The first-order valence-corrected chi connectivity index (χ1v) is 7.67. The van der Waals surface area contributed by atoms with Crippen LogP contribution in [0, 0.1) is 0 Å². The number of hydrogen-bond donors (Lipinski definition) is 2. The molecule has 3 aromatic rings. The fourth-order valence-corrected chi connectivity index (χ4v) is 2.65. The molecule has 0 aliphatic heterocycles. The Morgan fingerprint density at radius 1 is 1.17 bits per heavy atom. The summed E-state index contributed by atoms with van der Waals surface area (Å²) in [6.45, 7) is 0.323. The zero-order valence-corrected chi connectivity index (χ0v) is 13.3. The number of nitrogens with zero attached hydrogens (tertiary/aromatic N) is 1. The Kier molecular flexibility index (Phi) is 4.61. The number of pyridine rings is 1. The summed E-state index contributed by atoms with van der Waals surface area (Å²) < 4.78 is 5.21. The lowest BCUT2D eigenvalue weighted by molar-refractivity contribution is 0.194. The molecule has 0 fully saturated rings. The second-order valence-corrected chi connectivity index (χ2v) is 5.39. The number of carbonyl (C=O) groups is 1. The van der Waals surface area contributed by atoms with Gasteiger partial charge >= 0.3 is 6.09 Å². The molecule has 2 N–H and O–H groups in total. The van der Waals surface area contributed by atoms with E-state index in [0.29, 0.717) is 13.0 Å². The van der Waals surface area contributed by atoms with Crippen LogP contribution in [0.2, 0.25) is 0 Å². The van der Waals surface area contributed by atoms with E-state index in [1.165, 1.54) is 0 Å². The number of aromatic nitrogens is 1. The number of para-hydroxylation sites is 1. The average molecular weight is 322 g/mol. The van der Waals surface area contributed by atoms with Crippen molar-refractivity contribution in [1.82, 2.24) is 10.3 Å². The number of nitrogens with one attached hydrogen (secondary N) is 1. The van der Waals surface area contributed by atoms with Gasteiger partial charge in [-0.05, 0) is 29.8 Å². The van der Waals surface area contributed by atoms with Gasteiger partial charge in [-0.15, -0.1) is 0 Å². The summed E-state index contributed by atoms with van der Waals surface area (Å²) in [6.07, 6.45) is -0.500. The highest BCUT2D eigenvalue weighted by Crippen LogP contribution is 2.28. The maximum atomic E-state index is 10.7. The molecule has 1 aromatic heterocycles. The first kappa shape index (κ1) is 15.8. The smallest absolute Gasteiger partial charge is 0.404 e. The van der Waals surface area contributed by atoms with Crippen molar-refractivity contribution in [3.63, 3.8) is 0 Å². The molecule has 24 heavy (non-hydrogen) atoms. The van der Waals surface area contributed by atoms with Gasteiger partial charge in [-0.3, -0.25) is 4.98 Å². The normalized spacial score (nSPS) is 10.5. The van der Waals surface area contributed by atoms with Gasteiger partial charge in [-0.2, -0.15) is 0 Å². The van der Waals surface area contributed by atoms with E-state index in [0.717, 1.165) is 33.5 Å². The van der Waals surface area contributed by atoms with Gasteiger partial charge in [0.1, 0.15) is 5.75 Å². The monoisotopic (exact) mass is 322 g/mol. The molecular formula is C19H18N2O3. The van der Waals surface area contributed by atoms with Gasteiger partial charge in [-0.1, -0.05) is 30.3 Å². The van der Waals surface area contributed by atoms with Crippen LogP contribution >= 0.6 is 0 Å². The molecule has 3 rings (SSSR count). The van der Waals surface area contributed by atoms with Crippen molar-refractivity contribution in [1.29, 1.82) is 0 Å². The van der Waals surface area contributed by atoms with E-state index < -0.39 is 6.09 Å². The second kappa shape index (κ2) is 7.00. The Balaban J connectivity index is 2.02. The highest BCUT2D eigenvalue weighted by molar-refractivity contribution is 5.85. The molecule has 122 valence electrons. The van der Waals surface area contributed by atoms with Crippen LogP contribution < -0.4 is 10.1 Å². The van der Waals surface area contributed by atoms with E-state index in [1.807, 2.05) is 48.5 Å². The fraction of sp³-hybridized carbons (Fsp3) is 0.158. The fourth-order valence-electron chi connectivity index (χ4n) is 2.65. The summed E-state index contributed by atoms with van der Waals surface area (Å²) in [4.78, 5) is 15.4. The molecular weight excluding hydrogens is 304 g/mol. The number of ether oxygens (including phenoxy) is 1. The van der Waals surface area contributed by atoms with Gasteiger partial charge in [-0.25, -0.2) is 4.79 Å². The van der Waals surface area contributed by atoms with Gasteiger partial charge in [0.25, 0.3) is 0 Å². The third-order valence-electron chi connectivity index (χ3n) is 3.84. The van der Waals surface area contributed by atoms with Crippen LogP contribution in [0.1, 0.15) is 5.69 Å². The third kappa shape index (κ3) is 3.46. The van der Waals surface area contributed by atoms with Crippen LogP contribution in [-0.4, -0.2) is 29.8 Å². The van der Waals surface area contributed by atoms with E-state index in [9.17, 15) is 4.79 Å². The number of fused-ring (bicyclic) bond motifs is 1. The second-order valence-electron chi connectivity index (χ2n) is 5.39. The predicted octanol–water partition coefficient (Wildman–Crippen LogP) is 3.72. The van der Waals surface area contributed by atoms with Crippen LogP contribution in [0.3, 0.4) is 0 Å². The number of rotatable bonds is 5. The minimum absolute atomic E-state index is 0.323. The van der Waals surface area contributed by atoms with Crippen molar-refractivity contribution in [3.05, 3.63) is 60.3 Å². The quantitative estimate of drug-likeness (QED) is 0.751. The van der Waals surface area contributed by atoms with Gasteiger partial charge < -0.3 is 15.2 Å². The molecule has 0 bridgehead atoms. The van der Waals surface area contributed by atoms with Crippen LogP contribution in [0.25, 0.3) is 22.0 Å². The van der Waals surface area contributed by atoms with Crippen molar-refractivity contribution in [2.75, 3.05) is 13.7 Å². The summed E-state index contributed by atoms with van der Waals surface area (Å²) in [7, 11) is 1.63. The van der Waals surface area contributed by atoms with Gasteiger partial charge in [0, 0.05) is 23.9 Å². The highest BCUT2D eigenvalue weighted by atomic mass is 16.5. The van der Waals surface area contributed by atoms with E-state index in [4.69, 9.17) is 14.8 Å². The average Bonchev–Trinajstić information content (AvgIpc) is 2.61. The predicted molar refractivity (Wildman–Crippen MR) is 93.5 cm³/mol. The third-order valence-corrected chi connectivity index (χ3v) is 3.84. The summed E-state index contributed by atoms with van der Waals surface area (Å²) >= 11 is 0. The summed E-state index contributed by atoms with van der Waals surface area (Å²) in [5.41, 5.74) is 3.80. The summed E-state index contributed by atoms with van der Waals surface area (Å²) in [5.74, 6) is 0.793. The van der Waals surface area contributed by atoms with Crippen molar-refractivity contribution in [2.24, 2.45) is 0 Å². The minimum Gasteiger partial charge on any atom is -0.497 e.